The molecular weight excluding hydrogens is 355 g/mol. The van der Waals surface area contributed by atoms with E-state index in [-0.39, 0.29) is 17.3 Å². The first-order chi connectivity index (χ1) is 13.6. The van der Waals surface area contributed by atoms with Crippen LogP contribution >= 0.6 is 0 Å². The van der Waals surface area contributed by atoms with Gasteiger partial charge >= 0.3 is 0 Å². The minimum atomic E-state index is -0.452. The van der Waals surface area contributed by atoms with Crippen molar-refractivity contribution in [3.05, 3.63) is 70.7 Å². The Morgan fingerprint density at radius 1 is 1.07 bits per heavy atom. The summed E-state index contributed by atoms with van der Waals surface area (Å²) in [7, 11) is 0. The third kappa shape index (κ3) is 3.80. The first-order valence-corrected chi connectivity index (χ1v) is 9.88. The van der Waals surface area contributed by atoms with E-state index < -0.39 is 5.82 Å². The largest absolute Gasteiger partial charge is 0.448 e. The third-order valence-corrected chi connectivity index (χ3v) is 5.52. The van der Waals surface area contributed by atoms with Gasteiger partial charge in [0.25, 0.3) is 5.91 Å². The molecule has 4 nitrogen and oxygen atoms in total. The molecule has 1 aliphatic heterocycles. The third-order valence-electron chi connectivity index (χ3n) is 5.52. The fraction of sp³-hybridized carbons (Fsp3) is 0.348. The van der Waals surface area contributed by atoms with Crippen molar-refractivity contribution in [2.45, 2.75) is 39.3 Å². The Morgan fingerprint density at radius 2 is 1.82 bits per heavy atom. The zero-order chi connectivity index (χ0) is 19.5. The molecule has 28 heavy (non-hydrogen) atoms. The lowest BCUT2D eigenvalue weighted by molar-refractivity contribution is 0.0924. The Labute approximate surface area is 164 Å². The first-order valence-electron chi connectivity index (χ1n) is 9.88. The Balaban J connectivity index is 1.48. The number of rotatable bonds is 5. The van der Waals surface area contributed by atoms with Gasteiger partial charge in [0.1, 0.15) is 0 Å². The highest BCUT2D eigenvalue weighted by molar-refractivity contribution is 5.99. The average molecular weight is 380 g/mol. The zero-order valence-electron chi connectivity index (χ0n) is 16.1. The SMILES string of the molecule is Cc1c(C(=O)NCc2ccccc2CN2CCCCC2)oc2c(F)cccc12. The van der Waals surface area contributed by atoms with Crippen molar-refractivity contribution in [1.29, 1.82) is 0 Å². The summed E-state index contributed by atoms with van der Waals surface area (Å²) in [5.74, 6) is -0.596. The molecule has 1 aromatic heterocycles. The second-order valence-corrected chi connectivity index (χ2v) is 7.46. The van der Waals surface area contributed by atoms with Crippen LogP contribution in [0.2, 0.25) is 0 Å². The van der Waals surface area contributed by atoms with Crippen LogP contribution in [0.4, 0.5) is 4.39 Å². The molecule has 0 spiro atoms. The standard InChI is InChI=1S/C23H25FN2O2/c1-16-19-10-7-11-20(24)22(19)28-21(16)23(27)25-14-17-8-3-4-9-18(17)15-26-12-5-2-6-13-26/h3-4,7-11H,2,5-6,12-15H2,1H3,(H,25,27). The minimum absolute atomic E-state index is 0.135. The van der Waals surface area contributed by atoms with Gasteiger partial charge in [-0.25, -0.2) is 4.39 Å². The summed E-state index contributed by atoms with van der Waals surface area (Å²) in [6.45, 7) is 5.36. The number of nitrogens with zero attached hydrogens (tertiary/aromatic N) is 1. The Hall–Kier alpha value is -2.66. The maximum Gasteiger partial charge on any atom is 0.287 e. The van der Waals surface area contributed by atoms with Crippen molar-refractivity contribution in [3.63, 3.8) is 0 Å². The second kappa shape index (κ2) is 8.15. The number of hydrogen-bond donors (Lipinski definition) is 1. The molecule has 1 amide bonds. The number of carbonyl (C=O) groups excluding carboxylic acids is 1. The van der Waals surface area contributed by atoms with Crippen molar-refractivity contribution in [1.82, 2.24) is 10.2 Å². The van der Waals surface area contributed by atoms with E-state index in [1.54, 1.807) is 19.1 Å². The molecule has 0 bridgehead atoms. The van der Waals surface area contributed by atoms with Gasteiger partial charge in [0.05, 0.1) is 0 Å². The summed E-state index contributed by atoms with van der Waals surface area (Å²) in [4.78, 5) is 15.2. The molecule has 4 rings (SSSR count). The number of halogens is 1. The number of fused-ring (bicyclic) bond motifs is 1. The molecule has 0 saturated carbocycles. The predicted octanol–water partition coefficient (Wildman–Crippen LogP) is 4.80. The number of benzene rings is 2. The highest BCUT2D eigenvalue weighted by atomic mass is 19.1. The number of amides is 1. The maximum atomic E-state index is 13.9. The topological polar surface area (TPSA) is 45.5 Å². The summed E-state index contributed by atoms with van der Waals surface area (Å²) in [5.41, 5.74) is 3.13. The number of para-hydroxylation sites is 1. The summed E-state index contributed by atoms with van der Waals surface area (Å²) >= 11 is 0. The van der Waals surface area contributed by atoms with E-state index in [4.69, 9.17) is 4.42 Å². The molecule has 0 atom stereocenters. The lowest BCUT2D eigenvalue weighted by Gasteiger charge is -2.27. The van der Waals surface area contributed by atoms with Crippen LogP contribution in [0, 0.1) is 12.7 Å². The molecule has 5 heteroatoms. The number of nitrogens with one attached hydrogen (secondary N) is 1. The van der Waals surface area contributed by atoms with E-state index in [2.05, 4.69) is 16.3 Å². The number of carbonyl (C=O) groups is 1. The number of hydrogen-bond acceptors (Lipinski definition) is 3. The van der Waals surface area contributed by atoms with Gasteiger partial charge in [-0.1, -0.05) is 42.8 Å². The van der Waals surface area contributed by atoms with E-state index in [0.29, 0.717) is 17.5 Å². The molecule has 0 radical (unpaired) electrons. The molecular formula is C23H25FN2O2. The highest BCUT2D eigenvalue weighted by Crippen LogP contribution is 2.27. The van der Waals surface area contributed by atoms with Gasteiger partial charge in [-0.05, 0) is 50.0 Å². The van der Waals surface area contributed by atoms with Crippen LogP contribution in [-0.4, -0.2) is 23.9 Å². The van der Waals surface area contributed by atoms with Crippen LogP contribution in [-0.2, 0) is 13.1 Å². The predicted molar refractivity (Wildman–Crippen MR) is 108 cm³/mol. The lowest BCUT2D eigenvalue weighted by atomic mass is 10.0. The fourth-order valence-electron chi connectivity index (χ4n) is 3.92. The average Bonchev–Trinajstić information content (AvgIpc) is 3.06. The summed E-state index contributed by atoms with van der Waals surface area (Å²) in [5, 5.41) is 3.58. The summed E-state index contributed by atoms with van der Waals surface area (Å²) in [6, 6.07) is 12.9. The van der Waals surface area contributed by atoms with Crippen LogP contribution in [0.1, 0.15) is 46.5 Å². The second-order valence-electron chi connectivity index (χ2n) is 7.46. The molecule has 3 aromatic rings. The molecule has 0 unspecified atom stereocenters. The maximum absolute atomic E-state index is 13.9. The van der Waals surface area contributed by atoms with E-state index in [1.807, 2.05) is 18.2 Å². The molecule has 2 heterocycles. The number of piperidine rings is 1. The number of furan rings is 1. The van der Waals surface area contributed by atoms with Gasteiger partial charge in [-0.15, -0.1) is 0 Å². The Bertz CT molecular complexity index is 989. The van der Waals surface area contributed by atoms with Crippen LogP contribution in [0.5, 0.6) is 0 Å². The summed E-state index contributed by atoms with van der Waals surface area (Å²) in [6.07, 6.45) is 3.81. The van der Waals surface area contributed by atoms with Gasteiger partial charge < -0.3 is 9.73 Å². The van der Waals surface area contributed by atoms with Gasteiger partial charge in [0.2, 0.25) is 0 Å². The van der Waals surface area contributed by atoms with Crippen molar-refractivity contribution in [2.75, 3.05) is 13.1 Å². The summed E-state index contributed by atoms with van der Waals surface area (Å²) < 4.78 is 19.5. The Morgan fingerprint density at radius 3 is 2.57 bits per heavy atom. The Kier molecular flexibility index (Phi) is 5.44. The van der Waals surface area contributed by atoms with Crippen molar-refractivity contribution >= 4 is 16.9 Å². The van der Waals surface area contributed by atoms with Gasteiger partial charge in [0, 0.05) is 24.0 Å². The smallest absolute Gasteiger partial charge is 0.287 e. The van der Waals surface area contributed by atoms with Crippen molar-refractivity contribution < 1.29 is 13.6 Å². The molecule has 2 aromatic carbocycles. The number of likely N-dealkylation sites (tertiary alicyclic amines) is 1. The lowest BCUT2D eigenvalue weighted by Crippen LogP contribution is -2.30. The fourth-order valence-corrected chi connectivity index (χ4v) is 3.92. The van der Waals surface area contributed by atoms with Crippen LogP contribution < -0.4 is 5.32 Å². The van der Waals surface area contributed by atoms with Crippen LogP contribution in [0.15, 0.2) is 46.9 Å². The van der Waals surface area contributed by atoms with Gasteiger partial charge in [0.15, 0.2) is 17.2 Å². The van der Waals surface area contributed by atoms with Crippen molar-refractivity contribution in [3.8, 4) is 0 Å². The van der Waals surface area contributed by atoms with Gasteiger partial charge in [-0.3, -0.25) is 9.69 Å². The normalized spacial score (nSPS) is 15.1. The molecule has 0 aliphatic carbocycles. The highest BCUT2D eigenvalue weighted by Gasteiger charge is 2.20. The number of aryl methyl sites for hydroxylation is 1. The van der Waals surface area contributed by atoms with Crippen LogP contribution in [0.25, 0.3) is 11.0 Å². The molecule has 1 saturated heterocycles. The quantitative estimate of drug-likeness (QED) is 0.692. The molecule has 146 valence electrons. The van der Waals surface area contributed by atoms with E-state index in [1.165, 1.54) is 30.9 Å². The van der Waals surface area contributed by atoms with Crippen LogP contribution in [0.3, 0.4) is 0 Å². The van der Waals surface area contributed by atoms with E-state index in [0.717, 1.165) is 25.2 Å². The van der Waals surface area contributed by atoms with Gasteiger partial charge in [-0.2, -0.15) is 0 Å². The molecule has 1 aliphatic rings. The van der Waals surface area contributed by atoms with Crippen molar-refractivity contribution in [2.24, 2.45) is 0 Å². The molecule has 1 fully saturated rings. The molecule has 1 N–H and O–H groups in total. The first kappa shape index (κ1) is 18.7. The van der Waals surface area contributed by atoms with E-state index in [9.17, 15) is 9.18 Å². The minimum Gasteiger partial charge on any atom is -0.448 e. The van der Waals surface area contributed by atoms with E-state index >= 15 is 0 Å². The zero-order valence-corrected chi connectivity index (χ0v) is 16.1. The monoisotopic (exact) mass is 380 g/mol.